The molecule has 368 valence electrons. The number of carbonyl (C=O) groups excluding carboxylic acids is 2. The van der Waals surface area contributed by atoms with Gasteiger partial charge in [0.25, 0.3) is 0 Å². The van der Waals surface area contributed by atoms with Gasteiger partial charge in [0, 0.05) is 42.9 Å². The van der Waals surface area contributed by atoms with Gasteiger partial charge in [0.15, 0.2) is 0 Å². The third-order valence-corrected chi connectivity index (χ3v) is 11.7. The van der Waals surface area contributed by atoms with E-state index in [-0.39, 0.29) is 6.09 Å². The summed E-state index contributed by atoms with van der Waals surface area (Å²) in [6.45, 7) is 9.76. The molecule has 8 aromatic rings. The van der Waals surface area contributed by atoms with Crippen LogP contribution in [0, 0.1) is 25.7 Å². The molecule has 0 bridgehead atoms. The van der Waals surface area contributed by atoms with E-state index >= 15 is 0 Å². The van der Waals surface area contributed by atoms with Crippen molar-refractivity contribution in [3.8, 4) is 57.7 Å². The Kier molecular flexibility index (Phi) is 18.4. The van der Waals surface area contributed by atoms with Gasteiger partial charge in [0.05, 0.1) is 32.0 Å². The van der Waals surface area contributed by atoms with Crippen molar-refractivity contribution in [2.75, 3.05) is 27.3 Å². The second-order valence-corrected chi connectivity index (χ2v) is 16.7. The first kappa shape index (κ1) is 51.3. The van der Waals surface area contributed by atoms with E-state index in [0.717, 1.165) is 75.7 Å². The van der Waals surface area contributed by atoms with Gasteiger partial charge in [-0.25, -0.2) is 19.6 Å². The summed E-state index contributed by atoms with van der Waals surface area (Å²) < 4.78 is 33.0. The van der Waals surface area contributed by atoms with E-state index in [9.17, 15) is 9.59 Å². The maximum Gasteiger partial charge on any atom is 0.415 e. The Labute approximate surface area is 422 Å². The number of methoxy groups -OCH3 is 2. The van der Waals surface area contributed by atoms with Crippen LogP contribution in [0.15, 0.2) is 167 Å². The highest BCUT2D eigenvalue weighted by Crippen LogP contribution is 2.25. The zero-order chi connectivity index (χ0) is 50.7. The molecule has 8 rings (SSSR count). The number of aryl methyl sites for hydroxylation is 4. The normalized spacial score (nSPS) is 10.5. The molecular weight excluding hydrogens is 905 g/mol. The highest BCUT2D eigenvalue weighted by Gasteiger charge is 2.17. The molecule has 2 aromatic heterocycles. The second kappa shape index (κ2) is 25.9. The minimum Gasteiger partial charge on any atom is -0.497 e. The maximum absolute atomic E-state index is 12.6. The summed E-state index contributed by atoms with van der Waals surface area (Å²) in [5, 5.41) is 0. The van der Waals surface area contributed by atoms with Crippen LogP contribution in [0.2, 0.25) is 0 Å². The average Bonchev–Trinajstić information content (AvgIpc) is 3.99. The Hall–Kier alpha value is -8.56. The highest BCUT2D eigenvalue weighted by molar-refractivity contribution is 5.71. The molecule has 0 N–H and O–H groups in total. The summed E-state index contributed by atoms with van der Waals surface area (Å²) in [7, 11) is 3.19. The molecular formula is C60H60N4O8. The summed E-state index contributed by atoms with van der Waals surface area (Å²) in [4.78, 5) is 37.8. The second-order valence-electron chi connectivity index (χ2n) is 16.7. The summed E-state index contributed by atoms with van der Waals surface area (Å²) in [6.07, 6.45) is 2.53. The third-order valence-electron chi connectivity index (χ3n) is 11.7. The van der Waals surface area contributed by atoms with Crippen LogP contribution in [-0.2, 0) is 32.4 Å². The van der Waals surface area contributed by atoms with E-state index in [1.807, 2.05) is 113 Å². The van der Waals surface area contributed by atoms with Gasteiger partial charge < -0.3 is 37.6 Å². The molecule has 6 aromatic carbocycles. The summed E-state index contributed by atoms with van der Waals surface area (Å²) in [5.74, 6) is 11.7. The van der Waals surface area contributed by atoms with Crippen molar-refractivity contribution in [2.24, 2.45) is 0 Å². The molecule has 0 fully saturated rings. The Morgan fingerprint density at radius 3 is 1.39 bits per heavy atom. The summed E-state index contributed by atoms with van der Waals surface area (Å²) in [6, 6.07) is 50.0. The minimum absolute atomic E-state index is 0.371. The zero-order valence-corrected chi connectivity index (χ0v) is 41.7. The van der Waals surface area contributed by atoms with E-state index in [1.54, 1.807) is 72.6 Å². The molecule has 0 saturated carbocycles. The SMILES string of the molecule is CCN(Cc1ccc(C#CCc2nc(-c3ccccc3)oc2C)cc1)C(=O)Oc1ccc(OC)cc1.CCN(Cc1ccc(CCCc2nc(-c3ccccc3)oc2C)cc1)C(=O)Oc1ccc(OC)cc1. The van der Waals surface area contributed by atoms with Gasteiger partial charge in [-0.05, 0) is 149 Å². The van der Waals surface area contributed by atoms with Gasteiger partial charge in [-0.1, -0.05) is 84.6 Å². The molecule has 0 unspecified atom stereocenters. The molecule has 0 saturated heterocycles. The number of amides is 2. The van der Waals surface area contributed by atoms with Crippen LogP contribution in [0.3, 0.4) is 0 Å². The Morgan fingerprint density at radius 2 is 0.931 bits per heavy atom. The van der Waals surface area contributed by atoms with Crippen molar-refractivity contribution in [3.05, 3.63) is 203 Å². The summed E-state index contributed by atoms with van der Waals surface area (Å²) in [5.41, 5.74) is 8.01. The highest BCUT2D eigenvalue weighted by atomic mass is 16.6. The van der Waals surface area contributed by atoms with Crippen molar-refractivity contribution >= 4 is 12.2 Å². The molecule has 12 heteroatoms. The maximum atomic E-state index is 12.6. The van der Waals surface area contributed by atoms with Gasteiger partial charge in [0.1, 0.15) is 34.5 Å². The number of benzene rings is 6. The van der Waals surface area contributed by atoms with Crippen LogP contribution in [0.5, 0.6) is 23.0 Å². The average molecular weight is 965 g/mol. The molecule has 72 heavy (non-hydrogen) atoms. The fraction of sp³-hybridized carbons (Fsp3) is 0.233. The molecule has 0 spiro atoms. The fourth-order valence-electron chi connectivity index (χ4n) is 7.53. The standard InChI is InChI=1S/C30H32N2O4.C30H28N2O4/c2*1-4-32(30(33)36-27-19-17-26(34-3)18-20-27)21-24-15-13-23(14-16-24)9-8-12-28-22(2)35-29(31-28)25-10-6-5-7-11-25/h5-7,10-11,13-20H,4,8-9,12,21H2,1-3H3;5-7,10-11,13-20H,4,12,21H2,1-3H3. The fourth-order valence-corrected chi connectivity index (χ4v) is 7.53. The van der Waals surface area contributed by atoms with E-state index in [0.29, 0.717) is 61.6 Å². The molecule has 0 aliphatic heterocycles. The molecule has 0 atom stereocenters. The predicted molar refractivity (Wildman–Crippen MR) is 279 cm³/mol. The van der Waals surface area contributed by atoms with E-state index in [2.05, 4.69) is 41.1 Å². The molecule has 0 aliphatic carbocycles. The van der Waals surface area contributed by atoms with Crippen LogP contribution in [-0.4, -0.2) is 59.3 Å². The Balaban J connectivity index is 0.000000211. The van der Waals surface area contributed by atoms with Crippen molar-refractivity contribution < 1.29 is 37.4 Å². The zero-order valence-electron chi connectivity index (χ0n) is 41.7. The molecule has 2 heterocycles. The first-order valence-electron chi connectivity index (χ1n) is 24.0. The predicted octanol–water partition coefficient (Wildman–Crippen LogP) is 13.1. The number of oxazole rings is 2. The number of hydrogen-bond acceptors (Lipinski definition) is 10. The minimum atomic E-state index is -0.399. The van der Waals surface area contributed by atoms with Gasteiger partial charge in [0.2, 0.25) is 11.8 Å². The number of hydrogen-bond donors (Lipinski definition) is 0. The summed E-state index contributed by atoms with van der Waals surface area (Å²) >= 11 is 0. The number of rotatable bonds is 17. The van der Waals surface area contributed by atoms with Crippen LogP contribution in [0.4, 0.5) is 9.59 Å². The quantitative estimate of drug-likeness (QED) is 0.0813. The molecule has 0 radical (unpaired) electrons. The largest absolute Gasteiger partial charge is 0.497 e. The van der Waals surface area contributed by atoms with Gasteiger partial charge in [-0.2, -0.15) is 0 Å². The molecule has 12 nitrogen and oxygen atoms in total. The van der Waals surface area contributed by atoms with Crippen LogP contribution >= 0.6 is 0 Å². The topological polar surface area (TPSA) is 130 Å². The van der Waals surface area contributed by atoms with Crippen molar-refractivity contribution in [1.82, 2.24) is 19.8 Å². The van der Waals surface area contributed by atoms with Crippen LogP contribution in [0.1, 0.15) is 65.4 Å². The van der Waals surface area contributed by atoms with Crippen molar-refractivity contribution in [3.63, 3.8) is 0 Å². The van der Waals surface area contributed by atoms with Crippen molar-refractivity contribution in [1.29, 1.82) is 0 Å². The lowest BCUT2D eigenvalue weighted by Crippen LogP contribution is -2.32. The Morgan fingerprint density at radius 1 is 0.514 bits per heavy atom. The smallest absolute Gasteiger partial charge is 0.415 e. The van der Waals surface area contributed by atoms with Crippen molar-refractivity contribution in [2.45, 2.75) is 66.5 Å². The van der Waals surface area contributed by atoms with Gasteiger partial charge >= 0.3 is 12.2 Å². The lowest BCUT2D eigenvalue weighted by molar-refractivity contribution is 0.151. The third kappa shape index (κ3) is 14.7. The lowest BCUT2D eigenvalue weighted by Gasteiger charge is -2.20. The number of carbonyl (C=O) groups is 2. The van der Waals surface area contributed by atoms with E-state index in [4.69, 9.17) is 32.8 Å². The first-order chi connectivity index (χ1) is 35.1. The van der Waals surface area contributed by atoms with Gasteiger partial charge in [-0.3, -0.25) is 0 Å². The number of aromatic nitrogens is 2. The monoisotopic (exact) mass is 964 g/mol. The van der Waals surface area contributed by atoms with E-state index < -0.39 is 6.09 Å². The molecule has 0 aliphatic rings. The van der Waals surface area contributed by atoms with E-state index in [1.165, 1.54) is 5.56 Å². The Bertz CT molecular complexity index is 3010. The van der Waals surface area contributed by atoms with Crippen LogP contribution in [0.25, 0.3) is 22.9 Å². The number of ether oxygens (including phenoxy) is 4. The van der Waals surface area contributed by atoms with Gasteiger partial charge in [-0.15, -0.1) is 0 Å². The molecule has 2 amide bonds. The van der Waals surface area contributed by atoms with Crippen LogP contribution < -0.4 is 18.9 Å². The number of nitrogens with zero attached hydrogens (tertiary/aromatic N) is 4. The first-order valence-corrected chi connectivity index (χ1v) is 24.0. The lowest BCUT2D eigenvalue weighted by atomic mass is 10.0.